The van der Waals surface area contributed by atoms with Crippen molar-refractivity contribution < 1.29 is 0 Å². The smallest absolute Gasteiger partial charge is 0.132 e. The van der Waals surface area contributed by atoms with Crippen molar-refractivity contribution in [1.29, 1.82) is 0 Å². The van der Waals surface area contributed by atoms with Gasteiger partial charge in [-0.05, 0) is 50.4 Å². The van der Waals surface area contributed by atoms with Crippen molar-refractivity contribution in [2.75, 3.05) is 11.9 Å². The second kappa shape index (κ2) is 4.87. The molecule has 1 N–H and O–H groups in total. The van der Waals surface area contributed by atoms with Crippen LogP contribution in [0.1, 0.15) is 56.7 Å². The van der Waals surface area contributed by atoms with Crippen LogP contribution in [0.2, 0.25) is 0 Å². The van der Waals surface area contributed by atoms with Gasteiger partial charge in [0.25, 0.3) is 0 Å². The minimum atomic E-state index is 0.585. The molecule has 0 bridgehead atoms. The molecule has 98 valence electrons. The molecule has 1 aromatic heterocycles. The quantitative estimate of drug-likeness (QED) is 0.864. The Morgan fingerprint density at radius 1 is 1.22 bits per heavy atom. The molecule has 1 saturated carbocycles. The molecule has 0 aromatic carbocycles. The van der Waals surface area contributed by atoms with Gasteiger partial charge in [-0.1, -0.05) is 13.3 Å². The molecule has 18 heavy (non-hydrogen) atoms. The Hall–Kier alpha value is -1.12. The van der Waals surface area contributed by atoms with Crippen molar-refractivity contribution in [3.05, 3.63) is 17.6 Å². The Kier molecular flexibility index (Phi) is 3.23. The third-order valence-electron chi connectivity index (χ3n) is 4.49. The molecule has 1 heterocycles. The molecule has 0 amide bonds. The Bertz CT molecular complexity index is 424. The Labute approximate surface area is 109 Å². The maximum absolute atomic E-state index is 4.46. The lowest BCUT2D eigenvalue weighted by Gasteiger charge is -2.20. The van der Waals surface area contributed by atoms with Crippen LogP contribution in [0.5, 0.6) is 0 Å². The molecule has 3 heteroatoms. The molecule has 0 unspecified atom stereocenters. The highest BCUT2D eigenvalue weighted by atomic mass is 15.0. The number of hydrogen-bond donors (Lipinski definition) is 1. The standard InChI is InChI=1S/C15H23N3/c1-2-7-15(8-9-15)10-16-14-12-5-3-4-6-13(12)17-11-18-14/h11H,2-10H2,1H3,(H,16,17,18). The van der Waals surface area contributed by atoms with Gasteiger partial charge in [-0.25, -0.2) is 9.97 Å². The number of hydrogen-bond acceptors (Lipinski definition) is 3. The molecule has 3 rings (SSSR count). The molecule has 2 aliphatic carbocycles. The van der Waals surface area contributed by atoms with E-state index in [0.29, 0.717) is 5.41 Å². The van der Waals surface area contributed by atoms with Crippen molar-refractivity contribution in [2.24, 2.45) is 5.41 Å². The predicted octanol–water partition coefficient (Wildman–Crippen LogP) is 3.35. The number of nitrogens with one attached hydrogen (secondary N) is 1. The van der Waals surface area contributed by atoms with E-state index in [-0.39, 0.29) is 0 Å². The number of fused-ring (bicyclic) bond motifs is 1. The summed E-state index contributed by atoms with van der Waals surface area (Å²) in [5, 5.41) is 3.61. The lowest BCUT2D eigenvalue weighted by Crippen LogP contribution is -2.19. The van der Waals surface area contributed by atoms with E-state index >= 15 is 0 Å². The fourth-order valence-electron chi connectivity index (χ4n) is 3.17. The predicted molar refractivity (Wildman–Crippen MR) is 73.7 cm³/mol. The molecular weight excluding hydrogens is 222 g/mol. The van der Waals surface area contributed by atoms with Gasteiger partial charge in [0.2, 0.25) is 0 Å². The number of nitrogens with zero attached hydrogens (tertiary/aromatic N) is 2. The van der Waals surface area contributed by atoms with Crippen molar-refractivity contribution in [3.8, 4) is 0 Å². The number of aryl methyl sites for hydroxylation is 1. The van der Waals surface area contributed by atoms with Crippen LogP contribution >= 0.6 is 0 Å². The van der Waals surface area contributed by atoms with Crippen LogP contribution in [-0.2, 0) is 12.8 Å². The maximum atomic E-state index is 4.46. The van der Waals surface area contributed by atoms with Crippen molar-refractivity contribution >= 4 is 5.82 Å². The van der Waals surface area contributed by atoms with Gasteiger partial charge in [0.05, 0.1) is 0 Å². The molecule has 0 radical (unpaired) electrons. The first-order chi connectivity index (χ1) is 8.83. The van der Waals surface area contributed by atoms with E-state index in [0.717, 1.165) is 25.2 Å². The van der Waals surface area contributed by atoms with Crippen LogP contribution in [0, 0.1) is 5.41 Å². The topological polar surface area (TPSA) is 37.8 Å². The highest BCUT2D eigenvalue weighted by molar-refractivity contribution is 5.47. The number of rotatable bonds is 5. The first-order valence-corrected chi connectivity index (χ1v) is 7.40. The first-order valence-electron chi connectivity index (χ1n) is 7.40. The maximum Gasteiger partial charge on any atom is 0.132 e. The fraction of sp³-hybridized carbons (Fsp3) is 0.733. The second-order valence-electron chi connectivity index (χ2n) is 5.96. The molecule has 0 aliphatic heterocycles. The van der Waals surface area contributed by atoms with Gasteiger partial charge >= 0.3 is 0 Å². The normalized spacial score (nSPS) is 20.3. The van der Waals surface area contributed by atoms with Crippen LogP contribution < -0.4 is 5.32 Å². The van der Waals surface area contributed by atoms with E-state index in [9.17, 15) is 0 Å². The van der Waals surface area contributed by atoms with E-state index in [2.05, 4.69) is 22.2 Å². The summed E-state index contributed by atoms with van der Waals surface area (Å²) < 4.78 is 0. The van der Waals surface area contributed by atoms with Gasteiger partial charge < -0.3 is 5.32 Å². The summed E-state index contributed by atoms with van der Waals surface area (Å²) in [6.45, 7) is 3.39. The van der Waals surface area contributed by atoms with Gasteiger partial charge in [0.15, 0.2) is 0 Å². The first kappa shape index (κ1) is 11.9. The lowest BCUT2D eigenvalue weighted by atomic mass is 9.96. The Morgan fingerprint density at radius 2 is 2.06 bits per heavy atom. The van der Waals surface area contributed by atoms with E-state index < -0.39 is 0 Å². The highest BCUT2D eigenvalue weighted by Crippen LogP contribution is 2.49. The number of aromatic nitrogens is 2. The average Bonchev–Trinajstić information content (AvgIpc) is 3.17. The SMILES string of the molecule is CCCC1(CNc2ncnc3c2CCCC3)CC1. The lowest BCUT2D eigenvalue weighted by molar-refractivity contribution is 0.484. The molecule has 1 fully saturated rings. The molecular formula is C15H23N3. The van der Waals surface area contributed by atoms with Gasteiger partial charge in [-0.15, -0.1) is 0 Å². The third-order valence-corrected chi connectivity index (χ3v) is 4.49. The van der Waals surface area contributed by atoms with Crippen LogP contribution in [0.3, 0.4) is 0 Å². The third kappa shape index (κ3) is 2.36. The van der Waals surface area contributed by atoms with E-state index in [1.54, 1.807) is 6.33 Å². The van der Waals surface area contributed by atoms with Gasteiger partial charge in [0.1, 0.15) is 12.1 Å². The van der Waals surface area contributed by atoms with Crippen molar-refractivity contribution in [1.82, 2.24) is 9.97 Å². The average molecular weight is 245 g/mol. The summed E-state index contributed by atoms with van der Waals surface area (Å²) in [5.74, 6) is 1.11. The summed E-state index contributed by atoms with van der Waals surface area (Å²) in [6, 6.07) is 0. The van der Waals surface area contributed by atoms with Crippen LogP contribution in [0.15, 0.2) is 6.33 Å². The summed E-state index contributed by atoms with van der Waals surface area (Å²) in [6.07, 6.45) is 12.0. The van der Waals surface area contributed by atoms with Gasteiger partial charge in [-0.3, -0.25) is 0 Å². The van der Waals surface area contributed by atoms with Gasteiger partial charge in [-0.2, -0.15) is 0 Å². The van der Waals surface area contributed by atoms with Crippen LogP contribution in [0.4, 0.5) is 5.82 Å². The molecule has 3 nitrogen and oxygen atoms in total. The van der Waals surface area contributed by atoms with E-state index in [4.69, 9.17) is 0 Å². The number of anilines is 1. The minimum Gasteiger partial charge on any atom is -0.369 e. The molecule has 0 spiro atoms. The summed E-state index contributed by atoms with van der Waals surface area (Å²) in [7, 11) is 0. The zero-order valence-electron chi connectivity index (χ0n) is 11.3. The van der Waals surface area contributed by atoms with E-state index in [1.807, 2.05) is 0 Å². The summed E-state index contributed by atoms with van der Waals surface area (Å²) >= 11 is 0. The summed E-state index contributed by atoms with van der Waals surface area (Å²) in [5.41, 5.74) is 3.25. The fourth-order valence-corrected chi connectivity index (χ4v) is 3.17. The molecule has 0 saturated heterocycles. The van der Waals surface area contributed by atoms with Crippen LogP contribution in [-0.4, -0.2) is 16.5 Å². The zero-order chi connectivity index (χ0) is 12.4. The Morgan fingerprint density at radius 3 is 2.83 bits per heavy atom. The molecule has 2 aliphatic rings. The monoisotopic (exact) mass is 245 g/mol. The second-order valence-corrected chi connectivity index (χ2v) is 5.96. The van der Waals surface area contributed by atoms with Crippen molar-refractivity contribution in [2.45, 2.75) is 58.3 Å². The van der Waals surface area contributed by atoms with Crippen LogP contribution in [0.25, 0.3) is 0 Å². The largest absolute Gasteiger partial charge is 0.369 e. The zero-order valence-corrected chi connectivity index (χ0v) is 11.3. The van der Waals surface area contributed by atoms with Crippen molar-refractivity contribution in [3.63, 3.8) is 0 Å². The minimum absolute atomic E-state index is 0.585. The molecule has 1 aromatic rings. The summed E-state index contributed by atoms with van der Waals surface area (Å²) in [4.78, 5) is 8.89. The Balaban J connectivity index is 1.69. The molecule has 0 atom stereocenters. The van der Waals surface area contributed by atoms with E-state index in [1.165, 1.54) is 49.8 Å². The van der Waals surface area contributed by atoms with Gasteiger partial charge in [0, 0.05) is 17.8 Å². The highest BCUT2D eigenvalue weighted by Gasteiger charge is 2.41.